The quantitative estimate of drug-likeness (QED) is 0.422. The smallest absolute Gasteiger partial charge is 0.248 e. The van der Waals surface area contributed by atoms with E-state index in [1.807, 2.05) is 39.8 Å². The van der Waals surface area contributed by atoms with Gasteiger partial charge in [0.25, 0.3) is 0 Å². The summed E-state index contributed by atoms with van der Waals surface area (Å²) in [6.07, 6.45) is 3.27. The first-order valence-corrected chi connectivity index (χ1v) is 11.3. The number of likely N-dealkylation sites (tertiary alicyclic amines) is 1. The van der Waals surface area contributed by atoms with Crippen molar-refractivity contribution < 1.29 is 9.59 Å². The van der Waals surface area contributed by atoms with Gasteiger partial charge >= 0.3 is 0 Å². The Kier molecular flexibility index (Phi) is 5.90. The van der Waals surface area contributed by atoms with Crippen LogP contribution in [-0.2, 0) is 17.9 Å². The zero-order valence-electron chi connectivity index (χ0n) is 18.6. The first kappa shape index (κ1) is 21.6. The van der Waals surface area contributed by atoms with Gasteiger partial charge in [-0.2, -0.15) is 0 Å². The molecular weight excluding hydrogens is 430 g/mol. The summed E-state index contributed by atoms with van der Waals surface area (Å²) in [5, 5.41) is 3.40. The lowest BCUT2D eigenvalue weighted by molar-refractivity contribution is -0.127. The van der Waals surface area contributed by atoms with Gasteiger partial charge in [0.1, 0.15) is 5.52 Å². The molecule has 4 aromatic rings. The lowest BCUT2D eigenvalue weighted by atomic mass is 10.1. The highest BCUT2D eigenvalue weighted by Crippen LogP contribution is 2.25. The average Bonchev–Trinajstić information content (AvgIpc) is 3.47. The van der Waals surface area contributed by atoms with Crippen molar-refractivity contribution in [2.24, 2.45) is 5.73 Å². The number of carbonyl (C=O) groups excluding carboxylic acids is 2. The van der Waals surface area contributed by atoms with Crippen LogP contribution in [0.25, 0.3) is 22.6 Å². The maximum Gasteiger partial charge on any atom is 0.248 e. The Morgan fingerprint density at radius 1 is 1.03 bits per heavy atom. The number of hydrogen-bond acceptors (Lipinski definition) is 6. The van der Waals surface area contributed by atoms with E-state index in [0.717, 1.165) is 24.1 Å². The van der Waals surface area contributed by atoms with Crippen molar-refractivity contribution in [3.8, 4) is 11.4 Å². The van der Waals surface area contributed by atoms with Crippen molar-refractivity contribution in [1.82, 2.24) is 24.4 Å². The van der Waals surface area contributed by atoms with Crippen LogP contribution in [-0.4, -0.2) is 49.3 Å². The standard InChI is InChI=1S/C25H25N7O2/c26-22(34)18-8-10-19(11-9-18)23-29-24(27-15-17-5-2-1-3-6-17)21-25(30-23)32(16-28-21)14-13-31-12-4-7-20(31)33/h1-3,5-6,8-11,16H,4,7,12-15H2,(H2,26,34)(H,27,29,30). The summed E-state index contributed by atoms with van der Waals surface area (Å²) in [4.78, 5) is 39.5. The number of amides is 2. The molecule has 0 atom stereocenters. The molecule has 0 saturated carbocycles. The first-order chi connectivity index (χ1) is 16.6. The van der Waals surface area contributed by atoms with E-state index in [4.69, 9.17) is 15.7 Å². The summed E-state index contributed by atoms with van der Waals surface area (Å²) in [6, 6.07) is 16.9. The van der Waals surface area contributed by atoms with E-state index >= 15 is 0 Å². The van der Waals surface area contributed by atoms with Gasteiger partial charge in [-0.1, -0.05) is 42.5 Å². The number of primary amides is 1. The number of carbonyl (C=O) groups is 2. The fourth-order valence-electron chi connectivity index (χ4n) is 4.09. The normalized spacial score (nSPS) is 13.5. The van der Waals surface area contributed by atoms with Gasteiger partial charge in [0.05, 0.1) is 6.33 Å². The number of rotatable bonds is 8. The lowest BCUT2D eigenvalue weighted by Crippen LogP contribution is -2.28. The lowest BCUT2D eigenvalue weighted by Gasteiger charge is -2.16. The first-order valence-electron chi connectivity index (χ1n) is 11.3. The van der Waals surface area contributed by atoms with Crippen LogP contribution in [0.15, 0.2) is 60.9 Å². The van der Waals surface area contributed by atoms with Gasteiger partial charge in [-0.05, 0) is 24.1 Å². The number of nitrogens with two attached hydrogens (primary N) is 1. The summed E-state index contributed by atoms with van der Waals surface area (Å²) >= 11 is 0. The number of nitrogens with zero attached hydrogens (tertiary/aromatic N) is 5. The van der Waals surface area contributed by atoms with Gasteiger partial charge < -0.3 is 20.5 Å². The summed E-state index contributed by atoms with van der Waals surface area (Å²) in [5.74, 6) is 0.846. The third kappa shape index (κ3) is 4.45. The van der Waals surface area contributed by atoms with E-state index in [0.29, 0.717) is 54.4 Å². The van der Waals surface area contributed by atoms with Gasteiger partial charge in [0, 0.05) is 43.7 Å². The van der Waals surface area contributed by atoms with Crippen LogP contribution in [0.1, 0.15) is 28.8 Å². The minimum atomic E-state index is -0.484. The van der Waals surface area contributed by atoms with Crippen LogP contribution in [0.2, 0.25) is 0 Å². The van der Waals surface area contributed by atoms with Crippen molar-refractivity contribution >= 4 is 28.8 Å². The molecule has 5 rings (SSSR count). The van der Waals surface area contributed by atoms with Gasteiger partial charge in [-0.3, -0.25) is 9.59 Å². The number of benzene rings is 2. The molecule has 9 nitrogen and oxygen atoms in total. The maximum absolute atomic E-state index is 12.0. The molecule has 1 saturated heterocycles. The Morgan fingerprint density at radius 3 is 2.53 bits per heavy atom. The summed E-state index contributed by atoms with van der Waals surface area (Å²) in [5.41, 5.74) is 9.03. The third-order valence-electron chi connectivity index (χ3n) is 5.98. The molecule has 3 heterocycles. The van der Waals surface area contributed by atoms with Crippen molar-refractivity contribution in [3.05, 3.63) is 72.1 Å². The number of aromatic nitrogens is 4. The number of fused-ring (bicyclic) bond motifs is 1. The van der Waals surface area contributed by atoms with Crippen LogP contribution in [0.4, 0.5) is 5.82 Å². The topological polar surface area (TPSA) is 119 Å². The molecule has 9 heteroatoms. The molecule has 0 spiro atoms. The summed E-state index contributed by atoms with van der Waals surface area (Å²) in [7, 11) is 0. The number of hydrogen-bond donors (Lipinski definition) is 2. The molecular formula is C25H25N7O2. The van der Waals surface area contributed by atoms with Crippen molar-refractivity contribution in [3.63, 3.8) is 0 Å². The van der Waals surface area contributed by atoms with E-state index in [1.54, 1.807) is 30.6 Å². The van der Waals surface area contributed by atoms with E-state index in [1.165, 1.54) is 0 Å². The highest BCUT2D eigenvalue weighted by molar-refractivity contribution is 5.93. The molecule has 0 unspecified atom stereocenters. The SMILES string of the molecule is NC(=O)c1ccc(-c2nc(NCc3ccccc3)c3ncn(CCN4CCCC4=O)c3n2)cc1. The van der Waals surface area contributed by atoms with Gasteiger partial charge in [-0.15, -0.1) is 0 Å². The number of nitrogens with one attached hydrogen (secondary N) is 1. The van der Waals surface area contributed by atoms with Crippen LogP contribution < -0.4 is 11.1 Å². The van der Waals surface area contributed by atoms with Gasteiger partial charge in [-0.25, -0.2) is 15.0 Å². The predicted octanol–water partition coefficient (Wildman–Crippen LogP) is 2.83. The van der Waals surface area contributed by atoms with Crippen LogP contribution in [0.3, 0.4) is 0 Å². The zero-order valence-corrected chi connectivity index (χ0v) is 18.6. The Labute approximate surface area is 196 Å². The molecule has 2 aromatic carbocycles. The molecule has 1 aliphatic heterocycles. The Balaban J connectivity index is 1.49. The number of imidazole rings is 1. The summed E-state index contributed by atoms with van der Waals surface area (Å²) in [6.45, 7) is 2.59. The minimum Gasteiger partial charge on any atom is -0.366 e. The highest BCUT2D eigenvalue weighted by atomic mass is 16.2. The van der Waals surface area contributed by atoms with Gasteiger partial charge in [0.2, 0.25) is 11.8 Å². The third-order valence-corrected chi connectivity index (χ3v) is 5.98. The minimum absolute atomic E-state index is 0.194. The molecule has 0 radical (unpaired) electrons. The zero-order chi connectivity index (χ0) is 23.5. The highest BCUT2D eigenvalue weighted by Gasteiger charge is 2.21. The summed E-state index contributed by atoms with van der Waals surface area (Å²) < 4.78 is 1.96. The predicted molar refractivity (Wildman–Crippen MR) is 129 cm³/mol. The average molecular weight is 456 g/mol. The van der Waals surface area contributed by atoms with E-state index in [2.05, 4.69) is 10.3 Å². The maximum atomic E-state index is 12.0. The molecule has 3 N–H and O–H groups in total. The van der Waals surface area contributed by atoms with Crippen molar-refractivity contribution in [1.29, 1.82) is 0 Å². The van der Waals surface area contributed by atoms with Crippen LogP contribution in [0, 0.1) is 0 Å². The van der Waals surface area contributed by atoms with Crippen LogP contribution in [0.5, 0.6) is 0 Å². The Hall–Kier alpha value is -4.27. The van der Waals surface area contributed by atoms with Crippen molar-refractivity contribution in [2.75, 3.05) is 18.4 Å². The fraction of sp³-hybridized carbons (Fsp3) is 0.240. The second-order valence-electron chi connectivity index (χ2n) is 8.27. The molecule has 0 bridgehead atoms. The fourth-order valence-corrected chi connectivity index (χ4v) is 4.09. The van der Waals surface area contributed by atoms with Crippen molar-refractivity contribution in [2.45, 2.75) is 25.9 Å². The molecule has 34 heavy (non-hydrogen) atoms. The monoisotopic (exact) mass is 455 g/mol. The van der Waals surface area contributed by atoms with E-state index in [-0.39, 0.29) is 5.91 Å². The molecule has 1 aliphatic rings. The second-order valence-corrected chi connectivity index (χ2v) is 8.27. The van der Waals surface area contributed by atoms with Crippen LogP contribution >= 0.6 is 0 Å². The Bertz CT molecular complexity index is 1330. The van der Waals surface area contributed by atoms with E-state index in [9.17, 15) is 9.59 Å². The molecule has 172 valence electrons. The van der Waals surface area contributed by atoms with Gasteiger partial charge in [0.15, 0.2) is 17.3 Å². The van der Waals surface area contributed by atoms with E-state index < -0.39 is 5.91 Å². The Morgan fingerprint density at radius 2 is 1.82 bits per heavy atom. The largest absolute Gasteiger partial charge is 0.366 e. The molecule has 2 amide bonds. The molecule has 0 aliphatic carbocycles. The molecule has 1 fully saturated rings. The second kappa shape index (κ2) is 9.30. The number of anilines is 1. The molecule has 2 aromatic heterocycles.